The van der Waals surface area contributed by atoms with E-state index in [4.69, 9.17) is 4.52 Å². The van der Waals surface area contributed by atoms with Crippen molar-refractivity contribution < 1.29 is 13.7 Å². The molecule has 1 aliphatic heterocycles. The van der Waals surface area contributed by atoms with Gasteiger partial charge < -0.3 is 14.7 Å². The molecule has 0 unspecified atom stereocenters. The van der Waals surface area contributed by atoms with Crippen molar-refractivity contribution in [3.8, 4) is 0 Å². The first-order chi connectivity index (χ1) is 12.0. The van der Waals surface area contributed by atoms with Crippen molar-refractivity contribution in [2.75, 3.05) is 18.0 Å². The van der Waals surface area contributed by atoms with Gasteiger partial charge in [-0.05, 0) is 30.5 Å². The number of hydrogen-bond donors (Lipinski definition) is 1. The number of nitrogens with one attached hydrogen (secondary N) is 1. The lowest BCUT2D eigenvalue weighted by Gasteiger charge is -2.29. The highest BCUT2D eigenvalue weighted by Crippen LogP contribution is 2.23. The van der Waals surface area contributed by atoms with Gasteiger partial charge in [-0.1, -0.05) is 31.1 Å². The van der Waals surface area contributed by atoms with Crippen molar-refractivity contribution in [3.05, 3.63) is 41.5 Å². The van der Waals surface area contributed by atoms with Crippen LogP contribution in [-0.2, 0) is 11.3 Å². The minimum atomic E-state index is -0.274. The Kier molecular flexibility index (Phi) is 5.31. The predicted molar refractivity (Wildman–Crippen MR) is 91.6 cm³/mol. The van der Waals surface area contributed by atoms with E-state index in [9.17, 15) is 9.18 Å². The first-order valence-electron chi connectivity index (χ1n) is 8.63. The standard InChI is InChI=1S/C18H23FN4O2/c1-12(2)16-21-18(25-22-16)23-9-7-14(8-10-23)17(24)20-11-13-3-5-15(19)6-4-13/h3-6,12,14H,7-11H2,1-2H3,(H,20,24). The lowest BCUT2D eigenvalue weighted by atomic mass is 9.96. The van der Waals surface area contributed by atoms with Crippen LogP contribution in [0.25, 0.3) is 0 Å². The van der Waals surface area contributed by atoms with Crippen LogP contribution >= 0.6 is 0 Å². The van der Waals surface area contributed by atoms with E-state index < -0.39 is 0 Å². The predicted octanol–water partition coefficient (Wildman–Crippen LogP) is 2.86. The minimum Gasteiger partial charge on any atom is -0.352 e. The number of amides is 1. The van der Waals surface area contributed by atoms with Crippen LogP contribution in [0.1, 0.15) is 44.0 Å². The fraction of sp³-hybridized carbons (Fsp3) is 0.500. The Morgan fingerprint density at radius 3 is 2.60 bits per heavy atom. The summed E-state index contributed by atoms with van der Waals surface area (Å²) in [6.07, 6.45) is 1.49. The van der Waals surface area contributed by atoms with E-state index in [-0.39, 0.29) is 23.6 Å². The zero-order chi connectivity index (χ0) is 17.8. The average Bonchev–Trinajstić information content (AvgIpc) is 3.11. The van der Waals surface area contributed by atoms with Crippen molar-refractivity contribution >= 4 is 11.9 Å². The van der Waals surface area contributed by atoms with Gasteiger partial charge in [0.2, 0.25) is 5.91 Å². The Balaban J connectivity index is 1.47. The molecule has 6 nitrogen and oxygen atoms in total. The Morgan fingerprint density at radius 2 is 2.00 bits per heavy atom. The Morgan fingerprint density at radius 1 is 1.32 bits per heavy atom. The van der Waals surface area contributed by atoms with Crippen LogP contribution < -0.4 is 10.2 Å². The van der Waals surface area contributed by atoms with Gasteiger partial charge in [0.1, 0.15) is 5.82 Å². The second-order valence-corrected chi connectivity index (χ2v) is 6.70. The van der Waals surface area contributed by atoms with Gasteiger partial charge in [-0.3, -0.25) is 4.79 Å². The molecule has 0 bridgehead atoms. The van der Waals surface area contributed by atoms with E-state index in [1.807, 2.05) is 18.7 Å². The number of piperidine rings is 1. The number of hydrogen-bond acceptors (Lipinski definition) is 5. The third-order valence-electron chi connectivity index (χ3n) is 4.46. The van der Waals surface area contributed by atoms with Crippen molar-refractivity contribution in [1.29, 1.82) is 0 Å². The van der Waals surface area contributed by atoms with Crippen LogP contribution in [0.4, 0.5) is 10.4 Å². The van der Waals surface area contributed by atoms with Gasteiger partial charge in [-0.15, -0.1) is 0 Å². The number of halogens is 1. The highest BCUT2D eigenvalue weighted by molar-refractivity contribution is 5.78. The van der Waals surface area contributed by atoms with E-state index in [0.717, 1.165) is 18.4 Å². The van der Waals surface area contributed by atoms with Crippen LogP contribution in [0, 0.1) is 11.7 Å². The molecule has 0 radical (unpaired) electrons. The third kappa shape index (κ3) is 4.35. The molecular formula is C18H23FN4O2. The van der Waals surface area contributed by atoms with Crippen LogP contribution in [0.5, 0.6) is 0 Å². The molecule has 2 heterocycles. The number of benzene rings is 1. The molecule has 2 aromatic rings. The second-order valence-electron chi connectivity index (χ2n) is 6.70. The lowest BCUT2D eigenvalue weighted by molar-refractivity contribution is -0.125. The number of aromatic nitrogens is 2. The van der Waals surface area contributed by atoms with Gasteiger partial charge in [0.15, 0.2) is 5.82 Å². The van der Waals surface area contributed by atoms with Gasteiger partial charge in [-0.25, -0.2) is 4.39 Å². The summed E-state index contributed by atoms with van der Waals surface area (Å²) in [4.78, 5) is 18.8. The molecule has 0 spiro atoms. The average molecular weight is 346 g/mol. The van der Waals surface area contributed by atoms with E-state index in [1.165, 1.54) is 12.1 Å². The summed E-state index contributed by atoms with van der Waals surface area (Å²) in [5.41, 5.74) is 0.888. The molecule has 1 aliphatic rings. The van der Waals surface area contributed by atoms with Crippen LogP contribution in [0.15, 0.2) is 28.8 Å². The summed E-state index contributed by atoms with van der Waals surface area (Å²) < 4.78 is 18.2. The molecule has 25 heavy (non-hydrogen) atoms. The zero-order valence-electron chi connectivity index (χ0n) is 14.5. The molecular weight excluding hydrogens is 323 g/mol. The van der Waals surface area contributed by atoms with Crippen LogP contribution in [0.3, 0.4) is 0 Å². The minimum absolute atomic E-state index is 0.0239. The number of rotatable bonds is 5. The van der Waals surface area contributed by atoms with E-state index in [0.29, 0.717) is 31.5 Å². The molecule has 1 fully saturated rings. The normalized spacial score (nSPS) is 15.6. The maximum atomic E-state index is 12.9. The monoisotopic (exact) mass is 346 g/mol. The maximum absolute atomic E-state index is 12.9. The van der Waals surface area contributed by atoms with Crippen molar-refractivity contribution in [1.82, 2.24) is 15.5 Å². The molecule has 3 rings (SSSR count). The van der Waals surface area contributed by atoms with Gasteiger partial charge in [0, 0.05) is 31.5 Å². The summed E-state index contributed by atoms with van der Waals surface area (Å²) in [6.45, 7) is 5.89. The van der Waals surface area contributed by atoms with E-state index >= 15 is 0 Å². The van der Waals surface area contributed by atoms with Gasteiger partial charge in [0.25, 0.3) is 0 Å². The molecule has 1 amide bonds. The van der Waals surface area contributed by atoms with Gasteiger partial charge >= 0.3 is 6.01 Å². The first-order valence-corrected chi connectivity index (χ1v) is 8.63. The second kappa shape index (κ2) is 7.63. The van der Waals surface area contributed by atoms with Gasteiger partial charge in [0.05, 0.1) is 0 Å². The molecule has 134 valence electrons. The topological polar surface area (TPSA) is 71.3 Å². The third-order valence-corrected chi connectivity index (χ3v) is 4.46. The smallest absolute Gasteiger partial charge is 0.324 e. The van der Waals surface area contributed by atoms with E-state index in [2.05, 4.69) is 15.5 Å². The number of carbonyl (C=O) groups excluding carboxylic acids is 1. The molecule has 1 aromatic carbocycles. The van der Waals surface area contributed by atoms with Crippen LogP contribution in [-0.4, -0.2) is 29.1 Å². The zero-order valence-corrected chi connectivity index (χ0v) is 14.5. The van der Waals surface area contributed by atoms with Gasteiger partial charge in [-0.2, -0.15) is 4.98 Å². The number of carbonyl (C=O) groups is 1. The summed E-state index contributed by atoms with van der Waals surface area (Å²) in [5, 5.41) is 6.91. The molecule has 7 heteroatoms. The number of nitrogens with zero attached hydrogens (tertiary/aromatic N) is 3. The van der Waals surface area contributed by atoms with Crippen molar-refractivity contribution in [2.45, 2.75) is 39.2 Å². The Labute approximate surface area is 146 Å². The lowest BCUT2D eigenvalue weighted by Crippen LogP contribution is -2.40. The quantitative estimate of drug-likeness (QED) is 0.901. The molecule has 1 aromatic heterocycles. The Hall–Kier alpha value is -2.44. The molecule has 0 aliphatic carbocycles. The van der Waals surface area contributed by atoms with E-state index in [1.54, 1.807) is 12.1 Å². The first kappa shape index (κ1) is 17.4. The summed E-state index contributed by atoms with van der Waals surface area (Å²) in [7, 11) is 0. The molecule has 0 saturated carbocycles. The van der Waals surface area contributed by atoms with Crippen molar-refractivity contribution in [3.63, 3.8) is 0 Å². The fourth-order valence-electron chi connectivity index (χ4n) is 2.86. The maximum Gasteiger partial charge on any atom is 0.324 e. The molecule has 1 N–H and O–H groups in total. The molecule has 0 atom stereocenters. The highest BCUT2D eigenvalue weighted by atomic mass is 19.1. The summed E-state index contributed by atoms with van der Waals surface area (Å²) >= 11 is 0. The Bertz CT molecular complexity index is 706. The highest BCUT2D eigenvalue weighted by Gasteiger charge is 2.27. The SMILES string of the molecule is CC(C)c1noc(N2CCC(C(=O)NCc3ccc(F)cc3)CC2)n1. The van der Waals surface area contributed by atoms with Crippen LogP contribution in [0.2, 0.25) is 0 Å². The summed E-state index contributed by atoms with van der Waals surface area (Å²) in [6, 6.07) is 6.69. The summed E-state index contributed by atoms with van der Waals surface area (Å²) in [5.74, 6) is 0.673. The van der Waals surface area contributed by atoms with Crippen molar-refractivity contribution in [2.24, 2.45) is 5.92 Å². The largest absolute Gasteiger partial charge is 0.352 e. The molecule has 1 saturated heterocycles. The number of anilines is 1. The fourth-order valence-corrected chi connectivity index (χ4v) is 2.86.